The molecule has 1 amide bonds. The molecule has 0 aliphatic rings. The predicted molar refractivity (Wildman–Crippen MR) is 111 cm³/mol. The van der Waals surface area contributed by atoms with Gasteiger partial charge in [0.05, 0.1) is 17.2 Å². The maximum Gasteiger partial charge on any atom is 0.256 e. The molecule has 3 nitrogen and oxygen atoms in total. The van der Waals surface area contributed by atoms with Crippen LogP contribution in [0.4, 0.5) is 5.69 Å². The van der Waals surface area contributed by atoms with Crippen molar-refractivity contribution in [3.05, 3.63) is 95.1 Å². The van der Waals surface area contributed by atoms with Gasteiger partial charge in [-0.1, -0.05) is 43.3 Å². The van der Waals surface area contributed by atoms with E-state index >= 15 is 0 Å². The molecule has 0 radical (unpaired) electrons. The first-order valence-electron chi connectivity index (χ1n) is 8.80. The minimum atomic E-state index is -0.105. The van der Waals surface area contributed by atoms with E-state index in [4.69, 9.17) is 5.26 Å². The van der Waals surface area contributed by atoms with Crippen molar-refractivity contribution in [1.29, 1.82) is 5.26 Å². The van der Waals surface area contributed by atoms with Crippen molar-refractivity contribution in [2.75, 3.05) is 5.32 Å². The standard InChI is InChI=1S/C23H20N2OS/c1-2-17-6-5-7-20(14-17)25-23(26)21-8-3-4-9-22(21)27-16-19-12-10-18(15-24)11-13-19/h3-14H,2,16H2,1H3,(H,25,26). The Morgan fingerprint density at radius 1 is 1.00 bits per heavy atom. The van der Waals surface area contributed by atoms with Crippen LogP contribution in [0.5, 0.6) is 0 Å². The molecule has 4 heteroatoms. The predicted octanol–water partition coefficient (Wildman–Crippen LogP) is 5.67. The van der Waals surface area contributed by atoms with Crippen LogP contribution in [0, 0.1) is 11.3 Å². The Bertz CT molecular complexity index is 974. The minimum Gasteiger partial charge on any atom is -0.322 e. The van der Waals surface area contributed by atoms with Crippen molar-refractivity contribution in [2.24, 2.45) is 0 Å². The summed E-state index contributed by atoms with van der Waals surface area (Å²) in [6.45, 7) is 2.09. The summed E-state index contributed by atoms with van der Waals surface area (Å²) in [7, 11) is 0. The summed E-state index contributed by atoms with van der Waals surface area (Å²) in [6, 6.07) is 25.2. The van der Waals surface area contributed by atoms with E-state index in [1.54, 1.807) is 11.8 Å². The van der Waals surface area contributed by atoms with E-state index in [1.807, 2.05) is 66.7 Å². The number of aryl methyl sites for hydroxylation is 1. The lowest BCUT2D eigenvalue weighted by molar-refractivity contribution is 0.102. The first kappa shape index (κ1) is 18.8. The third-order valence-corrected chi connectivity index (χ3v) is 5.35. The van der Waals surface area contributed by atoms with Crippen molar-refractivity contribution in [3.8, 4) is 6.07 Å². The third-order valence-electron chi connectivity index (χ3n) is 4.20. The average molecular weight is 372 g/mol. The quantitative estimate of drug-likeness (QED) is 0.568. The van der Waals surface area contributed by atoms with Gasteiger partial charge < -0.3 is 5.32 Å². The van der Waals surface area contributed by atoms with E-state index in [1.165, 1.54) is 5.56 Å². The van der Waals surface area contributed by atoms with E-state index in [9.17, 15) is 4.79 Å². The van der Waals surface area contributed by atoms with E-state index in [0.717, 1.165) is 28.3 Å². The normalized spacial score (nSPS) is 10.2. The average Bonchev–Trinajstić information content (AvgIpc) is 2.73. The molecule has 0 bridgehead atoms. The van der Waals surface area contributed by atoms with Gasteiger partial charge in [0, 0.05) is 16.3 Å². The molecule has 0 heterocycles. The molecular weight excluding hydrogens is 352 g/mol. The van der Waals surface area contributed by atoms with Crippen LogP contribution in [0.3, 0.4) is 0 Å². The maximum absolute atomic E-state index is 12.8. The Morgan fingerprint density at radius 2 is 1.78 bits per heavy atom. The zero-order valence-electron chi connectivity index (χ0n) is 15.1. The van der Waals surface area contributed by atoms with Gasteiger partial charge in [0.1, 0.15) is 0 Å². The fourth-order valence-corrected chi connectivity index (χ4v) is 3.69. The molecule has 0 atom stereocenters. The number of carbonyl (C=O) groups is 1. The molecule has 0 saturated carbocycles. The highest BCUT2D eigenvalue weighted by Gasteiger charge is 2.12. The number of thioether (sulfide) groups is 1. The smallest absolute Gasteiger partial charge is 0.256 e. The van der Waals surface area contributed by atoms with Gasteiger partial charge in [0.25, 0.3) is 5.91 Å². The van der Waals surface area contributed by atoms with Gasteiger partial charge in [0.15, 0.2) is 0 Å². The van der Waals surface area contributed by atoms with Gasteiger partial charge in [-0.2, -0.15) is 5.26 Å². The SMILES string of the molecule is CCc1cccc(NC(=O)c2ccccc2SCc2ccc(C#N)cc2)c1. The molecule has 0 aliphatic heterocycles. The van der Waals surface area contributed by atoms with E-state index in [2.05, 4.69) is 24.4 Å². The number of carbonyl (C=O) groups excluding carboxylic acids is 1. The molecule has 0 aliphatic carbocycles. The molecule has 3 rings (SSSR count). The Labute approximate surface area is 164 Å². The fraction of sp³-hybridized carbons (Fsp3) is 0.130. The van der Waals surface area contributed by atoms with Gasteiger partial charge in [-0.15, -0.1) is 11.8 Å². The monoisotopic (exact) mass is 372 g/mol. The molecule has 0 spiro atoms. The van der Waals surface area contributed by atoms with Gasteiger partial charge in [0.2, 0.25) is 0 Å². The lowest BCUT2D eigenvalue weighted by atomic mass is 10.1. The van der Waals surface area contributed by atoms with E-state index in [-0.39, 0.29) is 5.91 Å². The number of nitrogens with one attached hydrogen (secondary N) is 1. The molecule has 0 saturated heterocycles. The molecule has 0 aromatic heterocycles. The second-order valence-corrected chi connectivity index (χ2v) is 7.12. The van der Waals surface area contributed by atoms with Crippen molar-refractivity contribution in [1.82, 2.24) is 0 Å². The Morgan fingerprint density at radius 3 is 2.52 bits per heavy atom. The molecule has 134 valence electrons. The van der Waals surface area contributed by atoms with Crippen LogP contribution in [0.15, 0.2) is 77.7 Å². The van der Waals surface area contributed by atoms with Gasteiger partial charge in [-0.25, -0.2) is 0 Å². The van der Waals surface area contributed by atoms with E-state index < -0.39 is 0 Å². The Kier molecular flexibility index (Phi) is 6.30. The number of hydrogen-bond acceptors (Lipinski definition) is 3. The van der Waals surface area contributed by atoms with Crippen LogP contribution >= 0.6 is 11.8 Å². The zero-order chi connectivity index (χ0) is 19.1. The number of anilines is 1. The summed E-state index contributed by atoms with van der Waals surface area (Å²) in [5, 5.41) is 11.9. The first-order chi connectivity index (χ1) is 13.2. The van der Waals surface area contributed by atoms with Crippen LogP contribution in [-0.4, -0.2) is 5.91 Å². The second-order valence-electron chi connectivity index (χ2n) is 6.10. The lowest BCUT2D eigenvalue weighted by Crippen LogP contribution is -2.13. The van der Waals surface area contributed by atoms with Crippen molar-refractivity contribution in [2.45, 2.75) is 24.0 Å². The second kappa shape index (κ2) is 9.07. The van der Waals surface area contributed by atoms with Crippen LogP contribution < -0.4 is 5.32 Å². The van der Waals surface area contributed by atoms with Crippen LogP contribution in [0.2, 0.25) is 0 Å². The van der Waals surface area contributed by atoms with Crippen LogP contribution in [0.1, 0.15) is 34.0 Å². The summed E-state index contributed by atoms with van der Waals surface area (Å²) in [5.74, 6) is 0.632. The number of benzene rings is 3. The summed E-state index contributed by atoms with van der Waals surface area (Å²) in [6.07, 6.45) is 0.931. The number of nitrogens with zero attached hydrogens (tertiary/aromatic N) is 1. The summed E-state index contributed by atoms with van der Waals surface area (Å²) >= 11 is 1.62. The summed E-state index contributed by atoms with van der Waals surface area (Å²) < 4.78 is 0. The van der Waals surface area contributed by atoms with Gasteiger partial charge >= 0.3 is 0 Å². The molecular formula is C23H20N2OS. The molecule has 3 aromatic rings. The number of nitriles is 1. The highest BCUT2D eigenvalue weighted by atomic mass is 32.2. The number of hydrogen-bond donors (Lipinski definition) is 1. The summed E-state index contributed by atoms with van der Waals surface area (Å²) in [5.41, 5.74) is 4.43. The first-order valence-corrected chi connectivity index (χ1v) is 9.79. The Hall–Kier alpha value is -3.03. The van der Waals surface area contributed by atoms with Gasteiger partial charge in [-0.3, -0.25) is 4.79 Å². The minimum absolute atomic E-state index is 0.105. The van der Waals surface area contributed by atoms with Crippen LogP contribution in [-0.2, 0) is 12.2 Å². The van der Waals surface area contributed by atoms with Crippen LogP contribution in [0.25, 0.3) is 0 Å². The largest absolute Gasteiger partial charge is 0.322 e. The number of amides is 1. The molecule has 0 unspecified atom stereocenters. The maximum atomic E-state index is 12.8. The Balaban J connectivity index is 1.72. The van der Waals surface area contributed by atoms with Crippen molar-refractivity contribution in [3.63, 3.8) is 0 Å². The van der Waals surface area contributed by atoms with Crippen molar-refractivity contribution >= 4 is 23.4 Å². The van der Waals surface area contributed by atoms with Crippen molar-refractivity contribution < 1.29 is 4.79 Å². The molecule has 27 heavy (non-hydrogen) atoms. The lowest BCUT2D eigenvalue weighted by Gasteiger charge is -2.11. The number of rotatable bonds is 6. The van der Waals surface area contributed by atoms with Gasteiger partial charge in [-0.05, 0) is 53.9 Å². The molecule has 3 aromatic carbocycles. The third kappa shape index (κ3) is 4.99. The highest BCUT2D eigenvalue weighted by Crippen LogP contribution is 2.27. The highest BCUT2D eigenvalue weighted by molar-refractivity contribution is 7.98. The molecule has 0 fully saturated rings. The summed E-state index contributed by atoms with van der Waals surface area (Å²) in [4.78, 5) is 13.7. The molecule has 1 N–H and O–H groups in total. The van der Waals surface area contributed by atoms with E-state index in [0.29, 0.717) is 11.1 Å². The topological polar surface area (TPSA) is 52.9 Å². The zero-order valence-corrected chi connectivity index (χ0v) is 15.9. The fourth-order valence-electron chi connectivity index (χ4n) is 2.68.